The van der Waals surface area contributed by atoms with E-state index in [4.69, 9.17) is 21.1 Å². The molecular formula is C21H13ClN4O. The fraction of sp³-hybridized carbons (Fsp3) is 0. The van der Waals surface area contributed by atoms with Crippen molar-refractivity contribution in [2.24, 2.45) is 0 Å². The zero-order valence-electron chi connectivity index (χ0n) is 14.1. The summed E-state index contributed by atoms with van der Waals surface area (Å²) >= 11 is 6.15. The summed E-state index contributed by atoms with van der Waals surface area (Å²) in [5, 5.41) is 15.2. The molecule has 0 saturated heterocycles. The number of furan rings is 1. The number of fused-ring (bicyclic) bond motifs is 1. The first-order valence-corrected chi connectivity index (χ1v) is 8.79. The molecule has 0 saturated carbocycles. The van der Waals surface area contributed by atoms with Gasteiger partial charge in [-0.1, -0.05) is 48.0 Å². The van der Waals surface area contributed by atoms with E-state index in [1.165, 1.54) is 0 Å². The summed E-state index contributed by atoms with van der Waals surface area (Å²) in [5.41, 5.74) is 3.95. The predicted octanol–water partition coefficient (Wildman–Crippen LogP) is 5.40. The molecule has 6 heteroatoms. The molecular weight excluding hydrogens is 360 g/mol. The Labute approximate surface area is 159 Å². The zero-order chi connectivity index (χ0) is 18.2. The quantitative estimate of drug-likeness (QED) is 0.425. The number of nitrogens with zero attached hydrogens (tertiary/aromatic N) is 4. The Bertz CT molecular complexity index is 1230. The van der Waals surface area contributed by atoms with Crippen molar-refractivity contribution in [3.63, 3.8) is 0 Å². The van der Waals surface area contributed by atoms with Crippen LogP contribution in [0.1, 0.15) is 0 Å². The Morgan fingerprint density at radius 1 is 0.852 bits per heavy atom. The maximum atomic E-state index is 6.15. The number of halogens is 1. The molecule has 0 radical (unpaired) electrons. The second kappa shape index (κ2) is 6.37. The SMILES string of the molecule is Clc1cccc(-n2cc3c(-c4ccco4)nnc(-c4ccccc4)c3n2)c1. The Kier molecular flexibility index (Phi) is 3.73. The maximum absolute atomic E-state index is 6.15. The molecule has 3 heterocycles. The number of rotatable bonds is 3. The van der Waals surface area contributed by atoms with Gasteiger partial charge < -0.3 is 4.42 Å². The summed E-state index contributed by atoms with van der Waals surface area (Å²) in [6.07, 6.45) is 3.55. The van der Waals surface area contributed by atoms with Crippen LogP contribution < -0.4 is 0 Å². The van der Waals surface area contributed by atoms with Crippen LogP contribution in [0.5, 0.6) is 0 Å². The second-order valence-electron chi connectivity index (χ2n) is 6.06. The molecule has 0 unspecified atom stereocenters. The average molecular weight is 373 g/mol. The van der Waals surface area contributed by atoms with E-state index in [1.807, 2.05) is 72.9 Å². The number of aromatic nitrogens is 4. The molecule has 0 fully saturated rings. The Balaban J connectivity index is 1.79. The van der Waals surface area contributed by atoms with Crippen molar-refractivity contribution in [3.8, 4) is 28.4 Å². The fourth-order valence-electron chi connectivity index (χ4n) is 3.06. The lowest BCUT2D eigenvalue weighted by molar-refractivity contribution is 0.579. The lowest BCUT2D eigenvalue weighted by Crippen LogP contribution is -1.95. The third-order valence-corrected chi connectivity index (χ3v) is 4.55. The van der Waals surface area contributed by atoms with Crippen molar-refractivity contribution in [2.75, 3.05) is 0 Å². The summed E-state index contributed by atoms with van der Waals surface area (Å²) < 4.78 is 7.34. The van der Waals surface area contributed by atoms with Crippen LogP contribution in [0.2, 0.25) is 5.02 Å². The first-order valence-electron chi connectivity index (χ1n) is 8.41. The van der Waals surface area contributed by atoms with Crippen LogP contribution in [0.4, 0.5) is 0 Å². The molecule has 2 aromatic carbocycles. The lowest BCUT2D eigenvalue weighted by Gasteiger charge is -2.03. The average Bonchev–Trinajstić information content (AvgIpc) is 3.38. The summed E-state index contributed by atoms with van der Waals surface area (Å²) in [4.78, 5) is 0. The van der Waals surface area contributed by atoms with Gasteiger partial charge in [0.05, 0.1) is 17.3 Å². The summed E-state index contributed by atoms with van der Waals surface area (Å²) in [6, 6.07) is 21.1. The highest BCUT2D eigenvalue weighted by Gasteiger charge is 2.18. The first-order chi connectivity index (χ1) is 13.3. The molecule has 0 bridgehead atoms. The third-order valence-electron chi connectivity index (χ3n) is 4.32. The van der Waals surface area contributed by atoms with E-state index < -0.39 is 0 Å². The van der Waals surface area contributed by atoms with Crippen LogP contribution in [0.25, 0.3) is 39.3 Å². The number of hydrogen-bond donors (Lipinski definition) is 0. The van der Waals surface area contributed by atoms with Crippen molar-refractivity contribution in [2.45, 2.75) is 0 Å². The number of hydrogen-bond acceptors (Lipinski definition) is 4. The molecule has 0 aliphatic heterocycles. The van der Waals surface area contributed by atoms with Gasteiger partial charge in [0.25, 0.3) is 0 Å². The molecule has 0 aliphatic rings. The van der Waals surface area contributed by atoms with Crippen molar-refractivity contribution in [3.05, 3.63) is 84.2 Å². The van der Waals surface area contributed by atoms with Crippen molar-refractivity contribution >= 4 is 22.5 Å². The van der Waals surface area contributed by atoms with Gasteiger partial charge in [-0.2, -0.15) is 5.10 Å². The van der Waals surface area contributed by atoms with Crippen molar-refractivity contribution in [1.82, 2.24) is 20.0 Å². The van der Waals surface area contributed by atoms with Crippen LogP contribution in [-0.4, -0.2) is 20.0 Å². The van der Waals surface area contributed by atoms with Crippen molar-refractivity contribution in [1.29, 1.82) is 0 Å². The van der Waals surface area contributed by atoms with Gasteiger partial charge in [-0.15, -0.1) is 10.2 Å². The molecule has 0 aliphatic carbocycles. The molecule has 0 amide bonds. The molecule has 3 aromatic heterocycles. The van der Waals surface area contributed by atoms with Gasteiger partial charge in [0.15, 0.2) is 5.76 Å². The molecule has 27 heavy (non-hydrogen) atoms. The molecule has 0 atom stereocenters. The Hall–Kier alpha value is -3.44. The van der Waals surface area contributed by atoms with Gasteiger partial charge in [0, 0.05) is 16.8 Å². The monoisotopic (exact) mass is 372 g/mol. The summed E-state index contributed by atoms with van der Waals surface area (Å²) in [7, 11) is 0. The molecule has 0 N–H and O–H groups in total. The fourth-order valence-corrected chi connectivity index (χ4v) is 3.24. The highest BCUT2D eigenvalue weighted by molar-refractivity contribution is 6.30. The standard InChI is InChI=1S/C21H13ClN4O/c22-15-8-4-9-16(12-15)26-13-17-20(18-10-5-11-27-18)24-23-19(21(17)25-26)14-6-2-1-3-7-14/h1-13H. The predicted molar refractivity (Wildman–Crippen MR) is 105 cm³/mol. The zero-order valence-corrected chi connectivity index (χ0v) is 14.8. The van der Waals surface area contributed by atoms with E-state index in [9.17, 15) is 0 Å². The maximum Gasteiger partial charge on any atom is 0.154 e. The van der Waals surface area contributed by atoms with Crippen LogP contribution in [0.3, 0.4) is 0 Å². The highest BCUT2D eigenvalue weighted by Crippen LogP contribution is 2.32. The van der Waals surface area contributed by atoms with Gasteiger partial charge in [0.2, 0.25) is 0 Å². The molecule has 5 nitrogen and oxygen atoms in total. The Morgan fingerprint density at radius 3 is 2.48 bits per heavy atom. The molecule has 5 aromatic rings. The lowest BCUT2D eigenvalue weighted by atomic mass is 10.1. The highest BCUT2D eigenvalue weighted by atomic mass is 35.5. The van der Waals surface area contributed by atoms with E-state index in [-0.39, 0.29) is 0 Å². The molecule has 0 spiro atoms. The largest absolute Gasteiger partial charge is 0.463 e. The van der Waals surface area contributed by atoms with Crippen LogP contribution >= 0.6 is 11.6 Å². The summed E-state index contributed by atoms with van der Waals surface area (Å²) in [6.45, 7) is 0. The van der Waals surface area contributed by atoms with E-state index in [0.29, 0.717) is 16.5 Å². The Morgan fingerprint density at radius 2 is 1.70 bits per heavy atom. The summed E-state index contributed by atoms with van der Waals surface area (Å²) in [5.74, 6) is 0.651. The second-order valence-corrected chi connectivity index (χ2v) is 6.49. The first kappa shape index (κ1) is 15.8. The minimum absolute atomic E-state index is 0.651. The van der Waals surface area contributed by atoms with Crippen LogP contribution in [0.15, 0.2) is 83.6 Å². The van der Waals surface area contributed by atoms with Gasteiger partial charge in [0.1, 0.15) is 16.9 Å². The van der Waals surface area contributed by atoms with E-state index >= 15 is 0 Å². The molecule has 5 rings (SSSR count). The van der Waals surface area contributed by atoms with Crippen LogP contribution in [-0.2, 0) is 0 Å². The van der Waals surface area contributed by atoms with E-state index in [0.717, 1.165) is 27.8 Å². The third kappa shape index (κ3) is 2.78. The topological polar surface area (TPSA) is 56.7 Å². The smallest absolute Gasteiger partial charge is 0.154 e. The van der Waals surface area contributed by atoms with Crippen LogP contribution in [0, 0.1) is 0 Å². The minimum atomic E-state index is 0.651. The van der Waals surface area contributed by atoms with Gasteiger partial charge in [-0.3, -0.25) is 0 Å². The van der Waals surface area contributed by atoms with Gasteiger partial charge in [-0.25, -0.2) is 4.68 Å². The molecule has 130 valence electrons. The van der Waals surface area contributed by atoms with Gasteiger partial charge in [-0.05, 0) is 30.3 Å². The minimum Gasteiger partial charge on any atom is -0.463 e. The van der Waals surface area contributed by atoms with E-state index in [2.05, 4.69) is 10.2 Å². The van der Waals surface area contributed by atoms with Crippen molar-refractivity contribution < 1.29 is 4.42 Å². The van der Waals surface area contributed by atoms with Gasteiger partial charge >= 0.3 is 0 Å². The van der Waals surface area contributed by atoms with E-state index in [1.54, 1.807) is 10.9 Å². The number of benzene rings is 2. The normalized spacial score (nSPS) is 11.1.